The lowest BCUT2D eigenvalue weighted by Crippen LogP contribution is -2.42. The van der Waals surface area contributed by atoms with E-state index < -0.39 is 0 Å². The van der Waals surface area contributed by atoms with Crippen LogP contribution >= 0.6 is 11.8 Å². The van der Waals surface area contributed by atoms with Gasteiger partial charge in [-0.25, -0.2) is 0 Å². The summed E-state index contributed by atoms with van der Waals surface area (Å²) in [6, 6.07) is 0.168. The lowest BCUT2D eigenvalue weighted by atomic mass is 10.0. The van der Waals surface area contributed by atoms with Gasteiger partial charge in [-0.15, -0.1) is 0 Å². The molecule has 0 aliphatic carbocycles. The van der Waals surface area contributed by atoms with E-state index in [9.17, 15) is 5.11 Å². The number of nitrogens with one attached hydrogen (secondary N) is 1. The number of hydrogen-bond acceptors (Lipinski definition) is 4. The third-order valence-electron chi connectivity index (χ3n) is 2.97. The van der Waals surface area contributed by atoms with Crippen molar-refractivity contribution in [1.29, 1.82) is 0 Å². The number of aliphatic hydroxyl groups is 1. The molecule has 3 atom stereocenters. The van der Waals surface area contributed by atoms with Crippen molar-refractivity contribution < 1.29 is 9.84 Å². The summed E-state index contributed by atoms with van der Waals surface area (Å²) in [4.78, 5) is 0. The van der Waals surface area contributed by atoms with Gasteiger partial charge in [-0.1, -0.05) is 0 Å². The van der Waals surface area contributed by atoms with E-state index in [1.807, 2.05) is 0 Å². The van der Waals surface area contributed by atoms with Crippen molar-refractivity contribution in [3.05, 3.63) is 0 Å². The summed E-state index contributed by atoms with van der Waals surface area (Å²) in [6.07, 6.45) is 2.39. The van der Waals surface area contributed by atoms with Crippen LogP contribution < -0.4 is 5.32 Å². The molecule has 14 heavy (non-hydrogen) atoms. The van der Waals surface area contributed by atoms with Crippen LogP contribution in [-0.2, 0) is 4.74 Å². The highest BCUT2D eigenvalue weighted by Gasteiger charge is 2.26. The fourth-order valence-corrected chi connectivity index (χ4v) is 3.18. The number of thioether (sulfide) groups is 1. The minimum absolute atomic E-state index is 0.168. The van der Waals surface area contributed by atoms with Crippen LogP contribution in [-0.4, -0.2) is 48.5 Å². The number of aliphatic hydroxyl groups excluding tert-OH is 1. The molecule has 3 unspecified atom stereocenters. The molecule has 2 heterocycles. The molecular formula is C10H19NO2S. The second kappa shape index (κ2) is 5.35. The Labute approximate surface area is 89.6 Å². The van der Waals surface area contributed by atoms with Gasteiger partial charge in [-0.2, -0.15) is 11.8 Å². The van der Waals surface area contributed by atoms with Gasteiger partial charge in [0.25, 0.3) is 0 Å². The molecule has 0 saturated carbocycles. The number of ether oxygens (including phenoxy) is 1. The molecule has 0 amide bonds. The molecule has 0 aromatic rings. The molecule has 0 spiro atoms. The first-order valence-corrected chi connectivity index (χ1v) is 6.58. The average Bonchev–Trinajstić information content (AvgIpc) is 2.63. The van der Waals surface area contributed by atoms with Crippen molar-refractivity contribution in [2.75, 3.05) is 31.3 Å². The summed E-state index contributed by atoms with van der Waals surface area (Å²) in [5, 5.41) is 12.9. The van der Waals surface area contributed by atoms with Gasteiger partial charge in [0.1, 0.15) is 0 Å². The molecule has 0 radical (unpaired) electrons. The molecule has 3 nitrogen and oxygen atoms in total. The maximum atomic E-state index is 9.53. The summed E-state index contributed by atoms with van der Waals surface area (Å²) in [7, 11) is 0. The van der Waals surface area contributed by atoms with Crippen molar-refractivity contribution >= 4 is 11.8 Å². The van der Waals surface area contributed by atoms with E-state index in [-0.39, 0.29) is 12.1 Å². The van der Waals surface area contributed by atoms with Gasteiger partial charge in [0.2, 0.25) is 0 Å². The van der Waals surface area contributed by atoms with Gasteiger partial charge < -0.3 is 15.2 Å². The third-order valence-corrected chi connectivity index (χ3v) is 4.26. The quantitative estimate of drug-likeness (QED) is 0.721. The molecular weight excluding hydrogens is 198 g/mol. The predicted molar refractivity (Wildman–Crippen MR) is 58.7 cm³/mol. The SMILES string of the molecule is OC1COCC1NCC1CCCSC1. The summed E-state index contributed by atoms with van der Waals surface area (Å²) in [6.45, 7) is 2.20. The lowest BCUT2D eigenvalue weighted by molar-refractivity contribution is 0.122. The van der Waals surface area contributed by atoms with Crippen LogP contribution in [0.15, 0.2) is 0 Å². The van der Waals surface area contributed by atoms with Crippen LogP contribution in [0.1, 0.15) is 12.8 Å². The molecule has 0 aromatic carbocycles. The van der Waals surface area contributed by atoms with E-state index in [0.717, 1.165) is 12.5 Å². The van der Waals surface area contributed by atoms with Crippen LogP contribution in [0.25, 0.3) is 0 Å². The highest BCUT2D eigenvalue weighted by molar-refractivity contribution is 7.99. The van der Waals surface area contributed by atoms with Crippen molar-refractivity contribution in [3.8, 4) is 0 Å². The Hall–Kier alpha value is 0.230. The predicted octanol–water partition coefficient (Wildman–Crippen LogP) is 0.479. The van der Waals surface area contributed by atoms with Crippen molar-refractivity contribution in [3.63, 3.8) is 0 Å². The van der Waals surface area contributed by atoms with E-state index in [0.29, 0.717) is 13.2 Å². The highest BCUT2D eigenvalue weighted by Crippen LogP contribution is 2.22. The van der Waals surface area contributed by atoms with Crippen LogP contribution in [0.5, 0.6) is 0 Å². The molecule has 2 N–H and O–H groups in total. The molecule has 4 heteroatoms. The van der Waals surface area contributed by atoms with Gasteiger partial charge in [0.05, 0.1) is 25.4 Å². The average molecular weight is 217 g/mol. The molecule has 2 aliphatic heterocycles. The fourth-order valence-electron chi connectivity index (χ4n) is 2.02. The Morgan fingerprint density at radius 1 is 1.43 bits per heavy atom. The molecule has 82 valence electrons. The largest absolute Gasteiger partial charge is 0.389 e. The first kappa shape index (κ1) is 10.7. The zero-order valence-electron chi connectivity index (χ0n) is 8.45. The second-order valence-corrected chi connectivity index (χ2v) is 5.35. The summed E-state index contributed by atoms with van der Waals surface area (Å²) >= 11 is 2.05. The van der Waals surface area contributed by atoms with E-state index in [4.69, 9.17) is 4.74 Å². The van der Waals surface area contributed by atoms with Crippen molar-refractivity contribution in [2.45, 2.75) is 25.0 Å². The fraction of sp³-hybridized carbons (Fsp3) is 1.00. The second-order valence-electron chi connectivity index (χ2n) is 4.20. The molecule has 2 rings (SSSR count). The molecule has 2 saturated heterocycles. The lowest BCUT2D eigenvalue weighted by Gasteiger charge is -2.24. The van der Waals surface area contributed by atoms with E-state index in [1.165, 1.54) is 24.3 Å². The van der Waals surface area contributed by atoms with Crippen molar-refractivity contribution in [1.82, 2.24) is 5.32 Å². The first-order chi connectivity index (χ1) is 6.86. The highest BCUT2D eigenvalue weighted by atomic mass is 32.2. The van der Waals surface area contributed by atoms with E-state index in [1.54, 1.807) is 0 Å². The zero-order valence-corrected chi connectivity index (χ0v) is 9.26. The van der Waals surface area contributed by atoms with Crippen LogP contribution in [0.4, 0.5) is 0 Å². The molecule has 0 aromatic heterocycles. The van der Waals surface area contributed by atoms with E-state index >= 15 is 0 Å². The maximum Gasteiger partial charge on any atom is 0.0948 e. The van der Waals surface area contributed by atoms with Crippen LogP contribution in [0, 0.1) is 5.92 Å². The Morgan fingerprint density at radius 3 is 3.00 bits per heavy atom. The first-order valence-electron chi connectivity index (χ1n) is 5.43. The van der Waals surface area contributed by atoms with E-state index in [2.05, 4.69) is 17.1 Å². The Morgan fingerprint density at radius 2 is 2.36 bits per heavy atom. The summed E-state index contributed by atoms with van der Waals surface area (Å²) < 4.78 is 5.19. The topological polar surface area (TPSA) is 41.5 Å². The molecule has 0 bridgehead atoms. The smallest absolute Gasteiger partial charge is 0.0948 e. The minimum atomic E-state index is -0.300. The molecule has 2 aliphatic rings. The Bertz CT molecular complexity index is 174. The van der Waals surface area contributed by atoms with Gasteiger partial charge in [0.15, 0.2) is 0 Å². The van der Waals surface area contributed by atoms with Gasteiger partial charge in [0, 0.05) is 0 Å². The van der Waals surface area contributed by atoms with Crippen LogP contribution in [0.3, 0.4) is 0 Å². The Balaban J connectivity index is 1.65. The Kier molecular flexibility index (Phi) is 4.10. The normalized spacial score (nSPS) is 38.8. The minimum Gasteiger partial charge on any atom is -0.389 e. The molecule has 2 fully saturated rings. The number of hydrogen-bond donors (Lipinski definition) is 2. The van der Waals surface area contributed by atoms with Gasteiger partial charge in [-0.3, -0.25) is 0 Å². The third kappa shape index (κ3) is 2.86. The van der Waals surface area contributed by atoms with Crippen molar-refractivity contribution in [2.24, 2.45) is 5.92 Å². The summed E-state index contributed by atoms with van der Waals surface area (Å²) in [5.74, 6) is 3.39. The maximum absolute atomic E-state index is 9.53. The van der Waals surface area contributed by atoms with Gasteiger partial charge in [-0.05, 0) is 36.8 Å². The van der Waals surface area contributed by atoms with Crippen LogP contribution in [0.2, 0.25) is 0 Å². The number of rotatable bonds is 3. The monoisotopic (exact) mass is 217 g/mol. The summed E-state index contributed by atoms with van der Waals surface area (Å²) in [5.41, 5.74) is 0. The standard InChI is InChI=1S/C10H19NO2S/c12-10-6-13-5-9(10)11-4-8-2-1-3-14-7-8/h8-12H,1-7H2. The van der Waals surface area contributed by atoms with Gasteiger partial charge >= 0.3 is 0 Å². The zero-order chi connectivity index (χ0) is 9.80.